The van der Waals surface area contributed by atoms with Crippen molar-refractivity contribution in [2.24, 2.45) is 5.73 Å². The normalized spacial score (nSPS) is 14.0. The van der Waals surface area contributed by atoms with Crippen LogP contribution in [0.4, 0.5) is 19.3 Å². The number of halogens is 3. The van der Waals surface area contributed by atoms with E-state index in [1.165, 1.54) is 12.1 Å². The zero-order valence-electron chi connectivity index (χ0n) is 24.6. The van der Waals surface area contributed by atoms with Crippen LogP contribution in [-0.4, -0.2) is 62.1 Å². The number of carbonyl (C=O) groups excluding carboxylic acids is 2. The first kappa shape index (κ1) is 34.7. The molecule has 1 heterocycles. The minimum absolute atomic E-state index is 0. The number of primary amides is 1. The number of unbranched alkanes of at least 4 members (excludes halogenated alkanes) is 1. The first-order valence-corrected chi connectivity index (χ1v) is 16.0. The third-order valence-corrected chi connectivity index (χ3v) is 8.52. The molecule has 3 amide bonds. The molecule has 1 saturated heterocycles. The van der Waals surface area contributed by atoms with Gasteiger partial charge in [-0.25, -0.2) is 22.0 Å². The Kier molecular flexibility index (Phi) is 12.1. The maximum atomic E-state index is 14.4. The third-order valence-electron chi connectivity index (χ3n) is 7.39. The molecule has 0 aliphatic carbocycles. The van der Waals surface area contributed by atoms with E-state index in [4.69, 9.17) is 10.5 Å². The van der Waals surface area contributed by atoms with Crippen molar-refractivity contribution in [3.63, 3.8) is 0 Å². The summed E-state index contributed by atoms with van der Waals surface area (Å²) in [5.41, 5.74) is 5.48. The van der Waals surface area contributed by atoms with Crippen molar-refractivity contribution in [3.8, 4) is 11.5 Å². The Bertz CT molecular complexity index is 1550. The number of ether oxygens (including phenoxy) is 1. The lowest BCUT2D eigenvalue weighted by Gasteiger charge is -2.38. The first-order chi connectivity index (χ1) is 20.4. The van der Waals surface area contributed by atoms with Gasteiger partial charge in [-0.1, -0.05) is 25.5 Å². The lowest BCUT2D eigenvalue weighted by molar-refractivity contribution is 0.0996. The van der Waals surface area contributed by atoms with E-state index >= 15 is 0 Å². The third kappa shape index (κ3) is 9.13. The second-order valence-electron chi connectivity index (χ2n) is 10.7. The summed E-state index contributed by atoms with van der Waals surface area (Å²) in [5, 5.41) is 2.51. The van der Waals surface area contributed by atoms with Gasteiger partial charge >= 0.3 is 6.03 Å². The smallest absolute Gasteiger partial charge is 0.322 e. The number of anilines is 1. The highest BCUT2D eigenvalue weighted by molar-refractivity contribution is 7.90. The van der Waals surface area contributed by atoms with E-state index < -0.39 is 39.0 Å². The number of urea groups is 1. The highest BCUT2D eigenvalue weighted by Crippen LogP contribution is 2.26. The van der Waals surface area contributed by atoms with Gasteiger partial charge in [0.2, 0.25) is 0 Å². The molecule has 0 spiro atoms. The molecular weight excluding hydrogens is 614 g/mol. The van der Waals surface area contributed by atoms with Crippen molar-refractivity contribution >= 4 is 39.9 Å². The van der Waals surface area contributed by atoms with Crippen LogP contribution in [0.3, 0.4) is 0 Å². The second kappa shape index (κ2) is 15.3. The van der Waals surface area contributed by atoms with Crippen LogP contribution in [0.1, 0.15) is 48.5 Å². The maximum Gasteiger partial charge on any atom is 0.322 e. The van der Waals surface area contributed by atoms with E-state index in [0.29, 0.717) is 30.7 Å². The zero-order valence-corrected chi connectivity index (χ0v) is 26.2. The molecule has 0 aromatic heterocycles. The molecule has 13 heteroatoms. The average molecular weight is 651 g/mol. The highest BCUT2D eigenvalue weighted by atomic mass is 35.5. The Balaban J connectivity index is 0.00000529. The minimum Gasteiger partial charge on any atom is -0.457 e. The van der Waals surface area contributed by atoms with Crippen molar-refractivity contribution < 1.29 is 31.5 Å². The topological polar surface area (TPSA) is 122 Å². The van der Waals surface area contributed by atoms with Gasteiger partial charge in [0, 0.05) is 44.5 Å². The van der Waals surface area contributed by atoms with E-state index in [-0.39, 0.29) is 29.0 Å². The number of nitrogens with zero attached hydrogens (tertiary/aromatic N) is 2. The van der Waals surface area contributed by atoms with Crippen LogP contribution < -0.4 is 15.8 Å². The van der Waals surface area contributed by atoms with Crippen LogP contribution in [0.2, 0.25) is 0 Å². The van der Waals surface area contributed by atoms with Crippen LogP contribution in [0.5, 0.6) is 11.5 Å². The molecule has 0 atom stereocenters. The van der Waals surface area contributed by atoms with Crippen molar-refractivity contribution in [1.29, 1.82) is 0 Å². The molecule has 0 bridgehead atoms. The number of hydrogen-bond acceptors (Lipinski definition) is 6. The Morgan fingerprint density at radius 3 is 2.14 bits per heavy atom. The highest BCUT2D eigenvalue weighted by Gasteiger charge is 2.28. The van der Waals surface area contributed by atoms with E-state index in [0.717, 1.165) is 56.7 Å². The number of rotatable bonds is 11. The molecule has 3 aromatic rings. The molecule has 4 rings (SSSR count). The minimum atomic E-state index is -3.27. The van der Waals surface area contributed by atoms with Crippen molar-refractivity contribution in [1.82, 2.24) is 9.80 Å². The Morgan fingerprint density at radius 1 is 1.00 bits per heavy atom. The van der Waals surface area contributed by atoms with E-state index in [1.54, 1.807) is 17.0 Å². The number of benzene rings is 3. The molecule has 0 unspecified atom stereocenters. The first-order valence-electron chi connectivity index (χ1n) is 14.1. The predicted molar refractivity (Wildman–Crippen MR) is 167 cm³/mol. The predicted octanol–water partition coefficient (Wildman–Crippen LogP) is 5.98. The quantitative estimate of drug-likeness (QED) is 0.263. The molecule has 3 aromatic carbocycles. The molecule has 1 aliphatic heterocycles. The number of amides is 3. The van der Waals surface area contributed by atoms with Gasteiger partial charge in [-0.05, 0) is 67.3 Å². The Hall–Kier alpha value is -3.74. The Morgan fingerprint density at radius 2 is 1.59 bits per heavy atom. The summed E-state index contributed by atoms with van der Waals surface area (Å²) >= 11 is 0. The summed E-state index contributed by atoms with van der Waals surface area (Å²) in [7, 11) is -3.27. The Labute approximate surface area is 262 Å². The van der Waals surface area contributed by atoms with Crippen LogP contribution in [0.15, 0.2) is 65.6 Å². The summed E-state index contributed by atoms with van der Waals surface area (Å²) in [6.45, 7) is 4.72. The number of nitrogens with two attached hydrogens (primary N) is 1. The van der Waals surface area contributed by atoms with Crippen molar-refractivity contribution in [3.05, 3.63) is 83.4 Å². The van der Waals surface area contributed by atoms with Gasteiger partial charge in [0.25, 0.3) is 5.91 Å². The van der Waals surface area contributed by atoms with Gasteiger partial charge in [0.1, 0.15) is 23.1 Å². The van der Waals surface area contributed by atoms with E-state index in [1.807, 2.05) is 31.2 Å². The van der Waals surface area contributed by atoms with Gasteiger partial charge in [-0.2, -0.15) is 0 Å². The standard InChI is InChI=1S/C31H36F2N4O5S.ClH/c1-3-4-15-37(31(39)35-29-18-26(30(34)38)27(32)19-28(29)33)22-13-16-36(17-14-22)20-21-5-7-23(8-6-21)42-24-9-11-25(12-10-24)43(2,40)41;/h5-12,18-19,22H,3-4,13-17,20H2,1-2H3,(H2,34,38)(H,35,39);1H. The van der Waals surface area contributed by atoms with Gasteiger partial charge in [0.05, 0.1) is 16.1 Å². The van der Waals surface area contributed by atoms with Crippen LogP contribution in [-0.2, 0) is 16.4 Å². The molecule has 0 saturated carbocycles. The van der Waals surface area contributed by atoms with Gasteiger partial charge < -0.3 is 20.7 Å². The number of likely N-dealkylation sites (tertiary alicyclic amines) is 1. The van der Waals surface area contributed by atoms with Crippen LogP contribution in [0.25, 0.3) is 0 Å². The molecule has 1 fully saturated rings. The van der Waals surface area contributed by atoms with Crippen LogP contribution in [0, 0.1) is 11.6 Å². The van der Waals surface area contributed by atoms with Crippen molar-refractivity contribution in [2.75, 3.05) is 31.2 Å². The van der Waals surface area contributed by atoms with Gasteiger partial charge in [0.15, 0.2) is 9.84 Å². The fourth-order valence-electron chi connectivity index (χ4n) is 5.00. The van der Waals surface area contributed by atoms with Gasteiger partial charge in [-0.3, -0.25) is 9.69 Å². The average Bonchev–Trinajstić information content (AvgIpc) is 2.96. The molecule has 0 radical (unpaired) electrons. The summed E-state index contributed by atoms with van der Waals surface area (Å²) in [4.78, 5) is 28.9. The molecular formula is C31H37ClF2N4O5S. The number of nitrogens with one attached hydrogen (secondary N) is 1. The van der Waals surface area contributed by atoms with Gasteiger partial charge in [-0.15, -0.1) is 12.4 Å². The number of hydrogen-bond donors (Lipinski definition) is 2. The fraction of sp³-hybridized carbons (Fsp3) is 0.355. The summed E-state index contributed by atoms with van der Waals surface area (Å²) in [6, 6.07) is 14.8. The second-order valence-corrected chi connectivity index (χ2v) is 12.7. The lowest BCUT2D eigenvalue weighted by atomic mass is 10.0. The SMILES string of the molecule is CCCCN(C(=O)Nc1cc(C(N)=O)c(F)cc1F)C1CCN(Cc2ccc(Oc3ccc(S(C)(=O)=O)cc3)cc2)CC1.Cl. The number of piperidine rings is 1. The molecule has 1 aliphatic rings. The van der Waals surface area contributed by atoms with Crippen molar-refractivity contribution in [2.45, 2.75) is 50.1 Å². The number of sulfone groups is 1. The fourth-order valence-corrected chi connectivity index (χ4v) is 5.63. The maximum absolute atomic E-state index is 14.4. The zero-order chi connectivity index (χ0) is 31.1. The summed E-state index contributed by atoms with van der Waals surface area (Å²) in [5.74, 6) is -1.95. The van der Waals surface area contributed by atoms with E-state index in [2.05, 4.69) is 10.2 Å². The summed E-state index contributed by atoms with van der Waals surface area (Å²) < 4.78 is 57.4. The summed E-state index contributed by atoms with van der Waals surface area (Å²) in [6.07, 6.45) is 4.23. The lowest BCUT2D eigenvalue weighted by Crippen LogP contribution is -2.49. The molecule has 9 nitrogen and oxygen atoms in total. The molecule has 3 N–H and O–H groups in total. The molecule has 238 valence electrons. The number of carbonyl (C=O) groups is 2. The molecule has 44 heavy (non-hydrogen) atoms. The van der Waals surface area contributed by atoms with Crippen LogP contribution >= 0.6 is 12.4 Å². The van der Waals surface area contributed by atoms with E-state index in [9.17, 15) is 26.8 Å². The monoisotopic (exact) mass is 650 g/mol. The largest absolute Gasteiger partial charge is 0.457 e.